The summed E-state index contributed by atoms with van der Waals surface area (Å²) in [5, 5.41) is 2.55. The minimum absolute atomic E-state index is 0.0141. The van der Waals surface area contributed by atoms with Crippen LogP contribution < -0.4 is 0 Å². The van der Waals surface area contributed by atoms with Gasteiger partial charge >= 0.3 is 0 Å². The third kappa shape index (κ3) is 1.26. The van der Waals surface area contributed by atoms with Gasteiger partial charge in [0.25, 0.3) is 0 Å². The average molecular weight is 293 g/mol. The molecule has 0 saturated heterocycles. The highest BCUT2D eigenvalue weighted by atomic mass is 35.5. The maximum atomic E-state index is 12.5. The summed E-state index contributed by atoms with van der Waals surface area (Å²) in [5.74, 6) is 0.584. The Morgan fingerprint density at radius 2 is 1.76 bits per heavy atom. The summed E-state index contributed by atoms with van der Waals surface area (Å²) in [4.78, 5) is 11.6. The molecule has 0 radical (unpaired) electrons. The monoisotopic (exact) mass is 292 g/mol. The first-order valence-corrected chi connectivity index (χ1v) is 7.70. The van der Waals surface area contributed by atoms with Crippen molar-refractivity contribution in [2.45, 2.75) is 16.7 Å². The fourth-order valence-corrected chi connectivity index (χ4v) is 4.84. The first-order valence-electron chi connectivity index (χ1n) is 7.32. The van der Waals surface area contributed by atoms with E-state index in [4.69, 9.17) is 11.6 Å². The summed E-state index contributed by atoms with van der Waals surface area (Å²) in [5.41, 5.74) is 2.57. The highest BCUT2D eigenvalue weighted by molar-refractivity contribution is 6.40. The minimum Gasteiger partial charge on any atom is -0.292 e. The van der Waals surface area contributed by atoms with Crippen molar-refractivity contribution < 1.29 is 4.79 Å². The molecule has 2 aromatic rings. The molecule has 0 saturated carbocycles. The van der Waals surface area contributed by atoms with Crippen LogP contribution in [0.2, 0.25) is 0 Å². The molecule has 21 heavy (non-hydrogen) atoms. The number of carbonyl (C=O) groups excluding carboxylic acids is 1. The van der Waals surface area contributed by atoms with E-state index >= 15 is 0 Å². The van der Waals surface area contributed by atoms with E-state index in [2.05, 4.69) is 42.5 Å². The van der Waals surface area contributed by atoms with E-state index in [1.54, 1.807) is 6.08 Å². The van der Waals surface area contributed by atoms with Gasteiger partial charge in [-0.3, -0.25) is 4.79 Å². The molecule has 6 rings (SSSR count). The molecule has 0 spiro atoms. The van der Waals surface area contributed by atoms with Gasteiger partial charge in [-0.25, -0.2) is 0 Å². The van der Waals surface area contributed by atoms with Crippen LogP contribution in [0.15, 0.2) is 60.7 Å². The summed E-state index contributed by atoms with van der Waals surface area (Å²) in [6.07, 6.45) is 7.74. The van der Waals surface area contributed by atoms with E-state index in [1.165, 1.54) is 21.9 Å². The Kier molecular flexibility index (Phi) is 2.05. The van der Waals surface area contributed by atoms with Crippen molar-refractivity contribution in [3.05, 3.63) is 71.8 Å². The first-order chi connectivity index (χ1) is 10.2. The number of allylic oxidation sites excluding steroid dienone is 4. The Bertz CT molecular complexity index is 858. The minimum atomic E-state index is -0.929. The lowest BCUT2D eigenvalue weighted by molar-refractivity contribution is -0.116. The van der Waals surface area contributed by atoms with Crippen LogP contribution in [0.4, 0.5) is 0 Å². The first kappa shape index (κ1) is 11.8. The quantitative estimate of drug-likeness (QED) is 0.522. The van der Waals surface area contributed by atoms with Crippen LogP contribution >= 0.6 is 11.6 Å². The van der Waals surface area contributed by atoms with Crippen molar-refractivity contribution in [2.24, 2.45) is 5.92 Å². The van der Waals surface area contributed by atoms with Crippen molar-refractivity contribution in [1.82, 2.24) is 0 Å². The lowest BCUT2D eigenvalue weighted by atomic mass is 9.69. The van der Waals surface area contributed by atoms with E-state index in [1.807, 2.05) is 12.2 Å². The predicted octanol–water partition coefficient (Wildman–Crippen LogP) is 4.32. The molecule has 0 aromatic heterocycles. The molecule has 0 heterocycles. The second kappa shape index (κ2) is 3.66. The molecule has 2 aromatic carbocycles. The molecule has 0 aliphatic heterocycles. The largest absolute Gasteiger partial charge is 0.292 e. The van der Waals surface area contributed by atoms with Gasteiger partial charge in [0, 0.05) is 17.8 Å². The van der Waals surface area contributed by atoms with Crippen LogP contribution in [0.25, 0.3) is 10.8 Å². The Hall–Kier alpha value is -1.86. The lowest BCUT2D eigenvalue weighted by Gasteiger charge is -2.37. The fraction of sp³-hybridized carbons (Fsp3) is 0.211. The average Bonchev–Trinajstić information content (AvgIpc) is 2.72. The van der Waals surface area contributed by atoms with E-state index in [9.17, 15) is 4.79 Å². The third-order valence-electron chi connectivity index (χ3n) is 5.30. The van der Waals surface area contributed by atoms with Gasteiger partial charge < -0.3 is 0 Å². The Morgan fingerprint density at radius 1 is 1.00 bits per heavy atom. The zero-order valence-corrected chi connectivity index (χ0v) is 12.0. The summed E-state index contributed by atoms with van der Waals surface area (Å²) in [7, 11) is 0. The number of rotatable bonds is 0. The summed E-state index contributed by atoms with van der Waals surface area (Å²) in [6.45, 7) is 0. The molecular weight excluding hydrogens is 280 g/mol. The van der Waals surface area contributed by atoms with Crippen LogP contribution in [-0.4, -0.2) is 10.7 Å². The van der Waals surface area contributed by atoms with E-state index in [0.29, 0.717) is 0 Å². The van der Waals surface area contributed by atoms with Gasteiger partial charge in [-0.1, -0.05) is 54.6 Å². The molecule has 0 N–H and O–H groups in total. The maximum absolute atomic E-state index is 12.5. The highest BCUT2D eigenvalue weighted by Gasteiger charge is 2.54. The van der Waals surface area contributed by atoms with Crippen molar-refractivity contribution in [3.8, 4) is 0 Å². The van der Waals surface area contributed by atoms with Gasteiger partial charge in [0.05, 0.1) is 0 Å². The van der Waals surface area contributed by atoms with Crippen LogP contribution in [-0.2, 0) is 4.79 Å². The SMILES string of the molecule is O=C1C=C[C@H]2C=C[C@@]1(Cl)[C@@H]1c3cccc4cccc(c34)[C@H]21. The molecule has 4 aliphatic rings. The molecule has 4 aliphatic carbocycles. The molecule has 1 nitrogen and oxygen atoms in total. The fourth-order valence-electron chi connectivity index (χ4n) is 4.45. The Labute approximate surface area is 127 Å². The third-order valence-corrected chi connectivity index (χ3v) is 5.85. The van der Waals surface area contributed by atoms with Gasteiger partial charge in [-0.2, -0.15) is 0 Å². The summed E-state index contributed by atoms with van der Waals surface area (Å²) >= 11 is 6.84. The standard InChI is InChI=1S/C19H13ClO/c20-19-10-9-12(7-8-15(19)21)17-13-5-1-3-11-4-2-6-14(16(11)13)18(17)19/h1-10,12,17-18H/t12-,17-,18+,19-/m0/s1. The molecule has 2 heteroatoms. The predicted molar refractivity (Wildman–Crippen MR) is 84.8 cm³/mol. The van der Waals surface area contributed by atoms with E-state index in [-0.39, 0.29) is 23.5 Å². The second-order valence-corrected chi connectivity index (χ2v) is 6.85. The van der Waals surface area contributed by atoms with Gasteiger partial charge in [-0.15, -0.1) is 11.6 Å². The van der Waals surface area contributed by atoms with Crippen LogP contribution in [0, 0.1) is 5.92 Å². The number of hydrogen-bond donors (Lipinski definition) is 0. The summed E-state index contributed by atoms with van der Waals surface area (Å²) < 4.78 is 0. The van der Waals surface area contributed by atoms with E-state index in [0.717, 1.165) is 0 Å². The number of hydrogen-bond acceptors (Lipinski definition) is 1. The molecule has 102 valence electrons. The second-order valence-electron chi connectivity index (χ2n) is 6.22. The highest BCUT2D eigenvalue weighted by Crippen LogP contribution is 2.60. The number of alkyl halides is 1. The number of halogens is 1. The molecule has 0 fully saturated rings. The number of benzene rings is 2. The van der Waals surface area contributed by atoms with E-state index < -0.39 is 4.87 Å². The Morgan fingerprint density at radius 3 is 2.57 bits per heavy atom. The van der Waals surface area contributed by atoms with Crippen LogP contribution in [0.5, 0.6) is 0 Å². The molecule has 0 unspecified atom stereocenters. The van der Waals surface area contributed by atoms with Crippen molar-refractivity contribution in [2.75, 3.05) is 0 Å². The van der Waals surface area contributed by atoms with Gasteiger partial charge in [0.2, 0.25) is 0 Å². The van der Waals surface area contributed by atoms with Gasteiger partial charge in [0.1, 0.15) is 4.87 Å². The molecule has 2 bridgehead atoms. The zero-order valence-electron chi connectivity index (χ0n) is 11.3. The van der Waals surface area contributed by atoms with Crippen LogP contribution in [0.3, 0.4) is 0 Å². The lowest BCUT2D eigenvalue weighted by Crippen LogP contribution is -2.40. The van der Waals surface area contributed by atoms with Crippen molar-refractivity contribution in [3.63, 3.8) is 0 Å². The number of fused-ring (bicyclic) bond motifs is 1. The zero-order chi connectivity index (χ0) is 14.2. The smallest absolute Gasteiger partial charge is 0.180 e. The molecular formula is C19H13ClO. The van der Waals surface area contributed by atoms with Gasteiger partial charge in [-0.05, 0) is 28.0 Å². The molecule has 4 atom stereocenters. The van der Waals surface area contributed by atoms with Gasteiger partial charge in [0.15, 0.2) is 5.78 Å². The molecule has 0 amide bonds. The number of ketones is 1. The maximum Gasteiger partial charge on any atom is 0.180 e. The van der Waals surface area contributed by atoms with Crippen molar-refractivity contribution >= 4 is 28.2 Å². The van der Waals surface area contributed by atoms with Crippen molar-refractivity contribution in [1.29, 1.82) is 0 Å². The normalized spacial score (nSPS) is 35.3. The summed E-state index contributed by atoms with van der Waals surface area (Å²) in [6, 6.07) is 12.8. The topological polar surface area (TPSA) is 17.1 Å². The number of carbonyl (C=O) groups is 1. The van der Waals surface area contributed by atoms with Crippen LogP contribution in [0.1, 0.15) is 23.0 Å². The Balaban J connectivity index is 1.91.